The Hall–Kier alpha value is -4.19. The van der Waals surface area contributed by atoms with Crippen molar-refractivity contribution in [3.05, 3.63) is 124 Å². The molecule has 9 rings (SSSR count). The van der Waals surface area contributed by atoms with Gasteiger partial charge in [-0.1, -0.05) is 36.4 Å². The molecule has 1 aromatic rings. The zero-order valence-corrected chi connectivity index (χ0v) is 25.1. The predicted octanol–water partition coefficient (Wildman–Crippen LogP) is 8.23. The Kier molecular flexibility index (Phi) is 6.41. The number of hydrogen-bond donors (Lipinski definition) is 1. The van der Waals surface area contributed by atoms with Crippen molar-refractivity contribution in [1.82, 2.24) is 5.32 Å². The van der Waals surface area contributed by atoms with Gasteiger partial charge in [0.2, 0.25) is 5.90 Å². The fourth-order valence-corrected chi connectivity index (χ4v) is 7.84. The number of anilines is 1. The highest BCUT2D eigenvalue weighted by Gasteiger charge is 2.38. The van der Waals surface area contributed by atoms with Gasteiger partial charge in [-0.15, -0.1) is 0 Å². The number of ether oxygens (including phenoxy) is 3. The van der Waals surface area contributed by atoms with E-state index in [4.69, 9.17) is 19.2 Å². The lowest BCUT2D eigenvalue weighted by Gasteiger charge is -2.39. The van der Waals surface area contributed by atoms with Crippen molar-refractivity contribution in [2.75, 3.05) is 4.90 Å². The Labute approximate surface area is 259 Å². The summed E-state index contributed by atoms with van der Waals surface area (Å²) in [6.45, 7) is 0. The summed E-state index contributed by atoms with van der Waals surface area (Å²) < 4.78 is 19.5. The highest BCUT2D eigenvalue weighted by Crippen LogP contribution is 2.45. The topological polar surface area (TPSA) is 55.3 Å². The Bertz CT molecular complexity index is 1660. The Morgan fingerprint density at radius 1 is 0.795 bits per heavy atom. The van der Waals surface area contributed by atoms with Crippen LogP contribution >= 0.6 is 0 Å². The number of rotatable bonds is 4. The summed E-state index contributed by atoms with van der Waals surface area (Å²) in [5.74, 6) is 4.21. The van der Waals surface area contributed by atoms with Crippen LogP contribution in [0.4, 0.5) is 5.69 Å². The quantitative estimate of drug-likeness (QED) is 0.361. The molecule has 0 bridgehead atoms. The molecule has 6 nitrogen and oxygen atoms in total. The van der Waals surface area contributed by atoms with Gasteiger partial charge in [-0.2, -0.15) is 0 Å². The van der Waals surface area contributed by atoms with Crippen LogP contribution in [0.25, 0.3) is 0 Å². The second-order valence-corrected chi connectivity index (χ2v) is 13.0. The first-order chi connectivity index (χ1) is 21.8. The van der Waals surface area contributed by atoms with Crippen LogP contribution < -0.4 is 10.2 Å². The summed E-state index contributed by atoms with van der Waals surface area (Å²) in [4.78, 5) is 7.48. The highest BCUT2D eigenvalue weighted by atomic mass is 16.5. The Morgan fingerprint density at radius 2 is 1.66 bits per heavy atom. The second kappa shape index (κ2) is 10.8. The van der Waals surface area contributed by atoms with Crippen LogP contribution in [0.15, 0.2) is 123 Å². The molecule has 8 aliphatic rings. The molecular formula is C38H39N3O3. The summed E-state index contributed by atoms with van der Waals surface area (Å²) in [5.41, 5.74) is 8.56. The molecule has 3 aliphatic heterocycles. The van der Waals surface area contributed by atoms with Gasteiger partial charge in [0.05, 0.1) is 23.1 Å². The molecule has 0 aromatic heterocycles. The molecule has 5 aliphatic carbocycles. The van der Waals surface area contributed by atoms with Gasteiger partial charge in [0.15, 0.2) is 6.23 Å². The van der Waals surface area contributed by atoms with Gasteiger partial charge in [-0.25, -0.2) is 4.99 Å². The molecule has 0 radical (unpaired) electrons. The minimum atomic E-state index is -0.137. The average molecular weight is 586 g/mol. The van der Waals surface area contributed by atoms with Crippen molar-refractivity contribution < 1.29 is 14.2 Å². The summed E-state index contributed by atoms with van der Waals surface area (Å²) >= 11 is 0. The van der Waals surface area contributed by atoms with E-state index in [1.165, 1.54) is 47.5 Å². The van der Waals surface area contributed by atoms with Crippen molar-refractivity contribution >= 4 is 11.6 Å². The smallest absolute Gasteiger partial charge is 0.213 e. The van der Waals surface area contributed by atoms with Crippen molar-refractivity contribution in [2.45, 2.75) is 94.9 Å². The first kappa shape index (κ1) is 26.2. The zero-order chi connectivity index (χ0) is 29.0. The number of hydrogen-bond acceptors (Lipinski definition) is 6. The molecule has 6 heteroatoms. The number of nitrogens with one attached hydrogen (secondary N) is 1. The largest absolute Gasteiger partial charge is 0.469 e. The maximum atomic E-state index is 6.80. The molecule has 0 fully saturated rings. The van der Waals surface area contributed by atoms with Gasteiger partial charge in [-0.3, -0.25) is 0 Å². The summed E-state index contributed by atoms with van der Waals surface area (Å²) in [6, 6.07) is 9.51. The van der Waals surface area contributed by atoms with Gasteiger partial charge in [0.25, 0.3) is 0 Å². The monoisotopic (exact) mass is 585 g/mol. The number of nitrogens with zero attached hydrogens (tertiary/aromatic N) is 2. The van der Waals surface area contributed by atoms with Crippen LogP contribution in [0.1, 0.15) is 82.1 Å². The van der Waals surface area contributed by atoms with E-state index >= 15 is 0 Å². The lowest BCUT2D eigenvalue weighted by atomic mass is 9.89. The first-order valence-corrected chi connectivity index (χ1v) is 16.6. The van der Waals surface area contributed by atoms with E-state index in [0.717, 1.165) is 85.8 Å². The van der Waals surface area contributed by atoms with Crippen LogP contribution in [-0.2, 0) is 14.2 Å². The van der Waals surface area contributed by atoms with Crippen LogP contribution in [0, 0.1) is 0 Å². The molecule has 0 spiro atoms. The zero-order valence-electron chi connectivity index (χ0n) is 25.1. The lowest BCUT2D eigenvalue weighted by Crippen LogP contribution is -2.34. The SMILES string of the molecule is C1=CC(c2ccc(N3C4=C(C=C(C5=NC6CCC=CC6O5)CC4)OC4=C3CCC(C3NC5=C(CCC=C5)O3)=C4)cc2)CCC1. The first-order valence-electron chi connectivity index (χ1n) is 16.6. The number of allylic oxidation sites excluding steroid dienone is 10. The van der Waals surface area contributed by atoms with Crippen molar-refractivity contribution in [3.8, 4) is 0 Å². The number of aliphatic imine (C=N–C) groups is 1. The molecule has 44 heavy (non-hydrogen) atoms. The standard InChI is InChI=1S/C38H39N3O3/c1-2-8-24(9-3-1)25-14-18-28(19-15-25)41-31-20-16-26(37-39-29-10-4-6-12-33(29)43-37)22-35(31)42-36-23-27(17-21-32(36)41)38-40-30-11-5-7-13-34(30)44-38/h2,4,7-8,10,13-15,18-19,22-24,30,34,37,39H,1,3,5-6,9,11-12,16-17,20-21H2. The molecule has 0 saturated heterocycles. The second-order valence-electron chi connectivity index (χ2n) is 13.0. The fraction of sp³-hybridized carbons (Fsp3) is 0.395. The van der Waals surface area contributed by atoms with E-state index < -0.39 is 0 Å². The van der Waals surface area contributed by atoms with Gasteiger partial charge < -0.3 is 24.4 Å². The molecule has 1 N–H and O–H groups in total. The third kappa shape index (κ3) is 4.58. The van der Waals surface area contributed by atoms with Gasteiger partial charge in [-0.05, 0) is 112 Å². The average Bonchev–Trinajstić information content (AvgIpc) is 3.72. The van der Waals surface area contributed by atoms with E-state index in [1.807, 2.05) is 0 Å². The fourth-order valence-electron chi connectivity index (χ4n) is 7.84. The molecule has 3 heterocycles. The van der Waals surface area contributed by atoms with E-state index in [2.05, 4.69) is 83.1 Å². The third-order valence-corrected chi connectivity index (χ3v) is 10.2. The van der Waals surface area contributed by atoms with Gasteiger partial charge in [0.1, 0.15) is 23.4 Å². The number of fused-ring (bicyclic) bond motifs is 1. The molecule has 224 valence electrons. The lowest BCUT2D eigenvalue weighted by molar-refractivity contribution is 0.147. The third-order valence-electron chi connectivity index (χ3n) is 10.2. The maximum Gasteiger partial charge on any atom is 0.213 e. The van der Waals surface area contributed by atoms with Gasteiger partial charge >= 0.3 is 0 Å². The minimum Gasteiger partial charge on any atom is -0.469 e. The van der Waals surface area contributed by atoms with E-state index in [9.17, 15) is 0 Å². The Morgan fingerprint density at radius 3 is 2.50 bits per heavy atom. The molecular weight excluding hydrogens is 546 g/mol. The summed E-state index contributed by atoms with van der Waals surface area (Å²) in [6.07, 6.45) is 29.3. The summed E-state index contributed by atoms with van der Waals surface area (Å²) in [7, 11) is 0. The van der Waals surface area contributed by atoms with E-state index in [1.54, 1.807) is 0 Å². The van der Waals surface area contributed by atoms with Crippen LogP contribution in [0.3, 0.4) is 0 Å². The van der Waals surface area contributed by atoms with Crippen LogP contribution in [0.2, 0.25) is 0 Å². The minimum absolute atomic E-state index is 0.0719. The summed E-state index contributed by atoms with van der Waals surface area (Å²) in [5, 5.41) is 3.61. The van der Waals surface area contributed by atoms with E-state index in [-0.39, 0.29) is 18.4 Å². The molecule has 4 atom stereocenters. The number of benzene rings is 1. The Balaban J connectivity index is 1.06. The maximum absolute atomic E-state index is 6.80. The van der Waals surface area contributed by atoms with Gasteiger partial charge in [0, 0.05) is 23.6 Å². The highest BCUT2D eigenvalue weighted by molar-refractivity contribution is 5.96. The molecule has 0 saturated carbocycles. The predicted molar refractivity (Wildman–Crippen MR) is 172 cm³/mol. The molecule has 4 unspecified atom stereocenters. The molecule has 1 aromatic carbocycles. The van der Waals surface area contributed by atoms with Crippen molar-refractivity contribution in [3.63, 3.8) is 0 Å². The molecule has 0 amide bonds. The normalized spacial score (nSPS) is 30.3. The van der Waals surface area contributed by atoms with Crippen LogP contribution in [0.5, 0.6) is 0 Å². The van der Waals surface area contributed by atoms with Crippen LogP contribution in [-0.4, -0.2) is 24.3 Å². The van der Waals surface area contributed by atoms with Crippen molar-refractivity contribution in [2.24, 2.45) is 4.99 Å². The van der Waals surface area contributed by atoms with E-state index in [0.29, 0.717) is 5.92 Å². The van der Waals surface area contributed by atoms with Crippen molar-refractivity contribution in [1.29, 1.82) is 0 Å².